The molecule has 3 rings (SSSR count). The first-order valence-corrected chi connectivity index (χ1v) is 10.7. The molecule has 3 aromatic rings. The molecule has 0 amide bonds. The van der Waals surface area contributed by atoms with Gasteiger partial charge in [0.1, 0.15) is 12.1 Å². The molecule has 126 valence electrons. The number of nitrogens with zero attached hydrogens (tertiary/aromatic N) is 2. The predicted molar refractivity (Wildman–Crippen MR) is 112 cm³/mol. The molecule has 0 unspecified atom stereocenters. The highest BCUT2D eigenvalue weighted by Crippen LogP contribution is 2.40. The second-order valence-electron chi connectivity index (χ2n) is 5.18. The lowest BCUT2D eigenvalue weighted by Crippen LogP contribution is -1.89. The van der Waals surface area contributed by atoms with Crippen molar-refractivity contribution < 1.29 is 0 Å². The van der Waals surface area contributed by atoms with Gasteiger partial charge >= 0.3 is 0 Å². The first-order valence-electron chi connectivity index (χ1n) is 7.44. The van der Waals surface area contributed by atoms with E-state index in [1.807, 2.05) is 48.5 Å². The number of rotatable bonds is 4. The van der Waals surface area contributed by atoms with Crippen LogP contribution < -0.4 is 0 Å². The van der Waals surface area contributed by atoms with E-state index in [1.54, 1.807) is 35.7 Å². The highest BCUT2D eigenvalue weighted by Gasteiger charge is 2.13. The first kappa shape index (κ1) is 19.1. The van der Waals surface area contributed by atoms with Gasteiger partial charge in [0.2, 0.25) is 0 Å². The summed E-state index contributed by atoms with van der Waals surface area (Å²) in [5.74, 6) is 0. The highest BCUT2D eigenvalue weighted by atomic mass is 79.9. The zero-order valence-electron chi connectivity index (χ0n) is 13.2. The summed E-state index contributed by atoms with van der Waals surface area (Å²) in [6, 6.07) is 23.9. The Kier molecular flexibility index (Phi) is 6.45. The monoisotopic (exact) mass is 500 g/mol. The summed E-state index contributed by atoms with van der Waals surface area (Å²) >= 11 is 10.0. The summed E-state index contributed by atoms with van der Waals surface area (Å²) in [5, 5.41) is 18.7. The molecule has 0 aliphatic heterocycles. The number of halogens is 2. The van der Waals surface area contributed by atoms with Gasteiger partial charge in [-0.25, -0.2) is 0 Å². The van der Waals surface area contributed by atoms with Crippen molar-refractivity contribution in [2.45, 2.75) is 19.6 Å². The molecule has 0 aliphatic carbocycles. The lowest BCUT2D eigenvalue weighted by molar-refractivity contribution is 1.20. The molecule has 0 fully saturated rings. The van der Waals surface area contributed by atoms with E-state index in [0.29, 0.717) is 11.1 Å². The molecule has 0 bridgehead atoms. The molecule has 0 aromatic heterocycles. The SMILES string of the molecule is N#Cc1cc(Sc2ccc(Br)cc2)c(Sc2ccc(Br)cc2)cc1C#N. The van der Waals surface area contributed by atoms with Gasteiger partial charge in [-0.05, 0) is 60.7 Å². The van der Waals surface area contributed by atoms with Gasteiger partial charge in [-0.3, -0.25) is 0 Å². The van der Waals surface area contributed by atoms with Crippen molar-refractivity contribution in [3.63, 3.8) is 0 Å². The number of benzene rings is 3. The van der Waals surface area contributed by atoms with E-state index >= 15 is 0 Å². The average molecular weight is 502 g/mol. The van der Waals surface area contributed by atoms with Crippen molar-refractivity contribution in [2.75, 3.05) is 0 Å². The maximum Gasteiger partial charge on any atom is 0.101 e. The number of hydrogen-bond acceptors (Lipinski definition) is 4. The van der Waals surface area contributed by atoms with Crippen molar-refractivity contribution >= 4 is 55.4 Å². The summed E-state index contributed by atoms with van der Waals surface area (Å²) in [6.45, 7) is 0. The minimum absolute atomic E-state index is 0.396. The molecule has 6 heteroatoms. The van der Waals surface area contributed by atoms with E-state index in [9.17, 15) is 10.5 Å². The van der Waals surface area contributed by atoms with Crippen molar-refractivity contribution in [1.82, 2.24) is 0 Å². The van der Waals surface area contributed by atoms with Crippen molar-refractivity contribution in [3.8, 4) is 12.1 Å². The summed E-state index contributed by atoms with van der Waals surface area (Å²) in [5.41, 5.74) is 0.791. The fourth-order valence-electron chi connectivity index (χ4n) is 2.16. The quantitative estimate of drug-likeness (QED) is 0.377. The van der Waals surface area contributed by atoms with Crippen LogP contribution >= 0.6 is 55.4 Å². The van der Waals surface area contributed by atoms with E-state index in [1.165, 1.54) is 0 Å². The minimum atomic E-state index is 0.396. The lowest BCUT2D eigenvalue weighted by atomic mass is 10.1. The van der Waals surface area contributed by atoms with Crippen molar-refractivity contribution in [1.29, 1.82) is 10.5 Å². The lowest BCUT2D eigenvalue weighted by Gasteiger charge is -2.11. The molecular formula is C20H10Br2N2S2. The molecule has 0 saturated heterocycles. The highest BCUT2D eigenvalue weighted by molar-refractivity contribution is 9.10. The van der Waals surface area contributed by atoms with E-state index in [2.05, 4.69) is 44.0 Å². The van der Waals surface area contributed by atoms with Gasteiger partial charge in [-0.15, -0.1) is 0 Å². The fraction of sp³-hybridized carbons (Fsp3) is 0. The Morgan fingerprint density at radius 1 is 0.615 bits per heavy atom. The smallest absolute Gasteiger partial charge is 0.101 e. The summed E-state index contributed by atoms with van der Waals surface area (Å²) < 4.78 is 2.03. The Balaban J connectivity index is 2.02. The molecule has 2 nitrogen and oxygen atoms in total. The third kappa shape index (κ3) is 4.72. The number of nitriles is 2. The first-order chi connectivity index (χ1) is 12.6. The van der Waals surface area contributed by atoms with Gasteiger partial charge in [0.15, 0.2) is 0 Å². The summed E-state index contributed by atoms with van der Waals surface area (Å²) in [7, 11) is 0. The Morgan fingerprint density at radius 2 is 0.962 bits per heavy atom. The van der Waals surface area contributed by atoms with Gasteiger partial charge in [0.05, 0.1) is 11.1 Å². The van der Waals surface area contributed by atoms with Gasteiger partial charge in [0.25, 0.3) is 0 Å². The maximum absolute atomic E-state index is 9.36. The number of hydrogen-bond donors (Lipinski definition) is 0. The topological polar surface area (TPSA) is 47.6 Å². The van der Waals surface area contributed by atoms with Crippen LogP contribution in [0.5, 0.6) is 0 Å². The molecule has 0 radical (unpaired) electrons. The second-order valence-corrected chi connectivity index (χ2v) is 9.24. The molecule has 0 spiro atoms. The van der Waals surface area contributed by atoms with Crippen LogP contribution in [0.2, 0.25) is 0 Å². The van der Waals surface area contributed by atoms with Crippen LogP contribution in [-0.4, -0.2) is 0 Å². The molecule has 0 heterocycles. The maximum atomic E-state index is 9.36. The summed E-state index contributed by atoms with van der Waals surface area (Å²) in [4.78, 5) is 4.05. The minimum Gasteiger partial charge on any atom is -0.192 e. The third-order valence-electron chi connectivity index (χ3n) is 3.41. The van der Waals surface area contributed by atoms with E-state index in [4.69, 9.17) is 0 Å². The van der Waals surface area contributed by atoms with E-state index in [-0.39, 0.29) is 0 Å². The van der Waals surface area contributed by atoms with Gasteiger partial charge in [-0.1, -0.05) is 55.4 Å². The Bertz CT molecular complexity index is 933. The molecule has 0 saturated carbocycles. The van der Waals surface area contributed by atoms with E-state index < -0.39 is 0 Å². The van der Waals surface area contributed by atoms with Crippen LogP contribution in [-0.2, 0) is 0 Å². The molecule has 0 N–H and O–H groups in total. The fourth-order valence-corrected chi connectivity index (χ4v) is 4.67. The zero-order chi connectivity index (χ0) is 18.5. The van der Waals surface area contributed by atoms with Crippen LogP contribution in [0.15, 0.2) is 89.2 Å². The predicted octanol–water partition coefficient (Wildman–Crippen LogP) is 7.26. The van der Waals surface area contributed by atoms with Crippen molar-refractivity contribution in [3.05, 3.63) is 80.7 Å². The third-order valence-corrected chi connectivity index (χ3v) is 6.73. The second kappa shape index (κ2) is 8.79. The van der Waals surface area contributed by atoms with Crippen LogP contribution in [0.4, 0.5) is 0 Å². The average Bonchev–Trinajstić information content (AvgIpc) is 2.66. The molecule has 3 aromatic carbocycles. The Hall–Kier alpha value is -1.70. The molecule has 0 aliphatic rings. The standard InChI is InChI=1S/C20H10Br2N2S2/c21-15-1-5-17(6-2-15)25-19-9-13(11-23)14(12-24)10-20(19)26-18-7-3-16(22)4-8-18/h1-10H. The summed E-state index contributed by atoms with van der Waals surface area (Å²) in [6.07, 6.45) is 0. The molecule has 26 heavy (non-hydrogen) atoms. The van der Waals surface area contributed by atoms with Crippen LogP contribution in [0.1, 0.15) is 11.1 Å². The Morgan fingerprint density at radius 3 is 1.27 bits per heavy atom. The molecule has 0 atom stereocenters. The van der Waals surface area contributed by atoms with E-state index in [0.717, 1.165) is 28.5 Å². The van der Waals surface area contributed by atoms with Crippen LogP contribution in [0.25, 0.3) is 0 Å². The normalized spacial score (nSPS) is 10.2. The van der Waals surface area contributed by atoms with Gasteiger partial charge < -0.3 is 0 Å². The Labute approximate surface area is 177 Å². The molecular weight excluding hydrogens is 492 g/mol. The van der Waals surface area contributed by atoms with Gasteiger partial charge in [0, 0.05) is 28.5 Å². The van der Waals surface area contributed by atoms with Gasteiger partial charge in [-0.2, -0.15) is 10.5 Å². The van der Waals surface area contributed by atoms with Crippen LogP contribution in [0, 0.1) is 22.7 Å². The van der Waals surface area contributed by atoms with Crippen LogP contribution in [0.3, 0.4) is 0 Å². The van der Waals surface area contributed by atoms with Crippen molar-refractivity contribution in [2.24, 2.45) is 0 Å². The largest absolute Gasteiger partial charge is 0.192 e. The zero-order valence-corrected chi connectivity index (χ0v) is 18.0.